The van der Waals surface area contributed by atoms with Gasteiger partial charge in [0, 0.05) is 11.1 Å². The van der Waals surface area contributed by atoms with E-state index in [1.807, 2.05) is 0 Å². The number of carbonyl (C=O) groups excluding carboxylic acids is 3. The standard InChI is InChI=1S/C26H16Cl2F3N3O7/c1-12-16(27)4-3-5-18(12)33-24(36)15(23(35)32-25(33)37)8-13-9-17(28)22(21(10-13)40-2)41-20-7-6-14(26(29,30)31)11-19(20)34(38)39/h3-11H,1-2H3,(H,32,35,37)/b15-8+. The van der Waals surface area contributed by atoms with Gasteiger partial charge >= 0.3 is 17.9 Å². The first-order valence-corrected chi connectivity index (χ1v) is 12.1. The van der Waals surface area contributed by atoms with Crippen molar-refractivity contribution in [3.8, 4) is 17.2 Å². The Morgan fingerprint density at radius 3 is 2.37 bits per heavy atom. The van der Waals surface area contributed by atoms with Gasteiger partial charge in [0.25, 0.3) is 11.8 Å². The molecule has 0 saturated carbocycles. The first-order valence-electron chi connectivity index (χ1n) is 11.3. The van der Waals surface area contributed by atoms with Crippen LogP contribution in [0.4, 0.5) is 29.3 Å². The summed E-state index contributed by atoms with van der Waals surface area (Å²) in [4.78, 5) is 49.5. The third-order valence-corrected chi connectivity index (χ3v) is 6.53. The molecular formula is C26H16Cl2F3N3O7. The highest BCUT2D eigenvalue weighted by atomic mass is 35.5. The number of urea groups is 1. The quantitative estimate of drug-likeness (QED) is 0.142. The van der Waals surface area contributed by atoms with Crippen LogP contribution < -0.4 is 19.7 Å². The number of barbiturate groups is 1. The Labute approximate surface area is 239 Å². The molecule has 1 aliphatic heterocycles. The van der Waals surface area contributed by atoms with Gasteiger partial charge in [-0.15, -0.1) is 0 Å². The molecule has 1 N–H and O–H groups in total. The van der Waals surface area contributed by atoms with Crippen molar-refractivity contribution >= 4 is 58.5 Å². The first-order chi connectivity index (χ1) is 19.2. The van der Waals surface area contributed by atoms with E-state index in [4.69, 9.17) is 32.7 Å². The van der Waals surface area contributed by atoms with E-state index in [2.05, 4.69) is 5.32 Å². The second kappa shape index (κ2) is 11.1. The molecule has 4 rings (SSSR count). The number of benzene rings is 3. The average molecular weight is 610 g/mol. The Morgan fingerprint density at radius 2 is 1.73 bits per heavy atom. The minimum absolute atomic E-state index is 0.122. The number of rotatable bonds is 6. The summed E-state index contributed by atoms with van der Waals surface area (Å²) in [6.45, 7) is 1.59. The largest absolute Gasteiger partial charge is 0.493 e. The van der Waals surface area contributed by atoms with Gasteiger partial charge in [0.2, 0.25) is 5.75 Å². The molecule has 212 valence electrons. The highest BCUT2D eigenvalue weighted by molar-refractivity contribution is 6.40. The van der Waals surface area contributed by atoms with Crippen molar-refractivity contribution in [2.75, 3.05) is 12.0 Å². The van der Waals surface area contributed by atoms with Gasteiger partial charge in [-0.05, 0) is 60.5 Å². The summed E-state index contributed by atoms with van der Waals surface area (Å²) in [5.41, 5.74) is -2.00. The van der Waals surface area contributed by atoms with Crippen LogP contribution in [-0.4, -0.2) is 29.9 Å². The number of imide groups is 2. The van der Waals surface area contributed by atoms with Crippen LogP contribution in [0, 0.1) is 17.0 Å². The number of amides is 4. The van der Waals surface area contributed by atoms with Gasteiger partial charge in [-0.1, -0.05) is 29.3 Å². The molecule has 0 spiro atoms. The van der Waals surface area contributed by atoms with E-state index in [-0.39, 0.29) is 32.8 Å². The van der Waals surface area contributed by atoms with Crippen LogP contribution in [0.25, 0.3) is 6.08 Å². The second-order valence-electron chi connectivity index (χ2n) is 8.42. The number of ether oxygens (including phenoxy) is 2. The van der Waals surface area contributed by atoms with E-state index in [0.29, 0.717) is 17.7 Å². The number of hydrogen-bond donors (Lipinski definition) is 1. The van der Waals surface area contributed by atoms with Gasteiger partial charge < -0.3 is 9.47 Å². The molecule has 1 heterocycles. The topological polar surface area (TPSA) is 128 Å². The van der Waals surface area contributed by atoms with Crippen LogP contribution in [0.15, 0.2) is 54.1 Å². The molecule has 1 fully saturated rings. The third-order valence-electron chi connectivity index (χ3n) is 5.84. The number of methoxy groups -OCH3 is 1. The molecule has 0 aliphatic carbocycles. The summed E-state index contributed by atoms with van der Waals surface area (Å²) in [5.74, 6) is -2.93. The fourth-order valence-electron chi connectivity index (χ4n) is 3.84. The fraction of sp³-hybridized carbons (Fsp3) is 0.115. The number of anilines is 1. The number of hydrogen-bond acceptors (Lipinski definition) is 7. The molecule has 0 aromatic heterocycles. The second-order valence-corrected chi connectivity index (χ2v) is 9.23. The Kier molecular flexibility index (Phi) is 7.95. The van der Waals surface area contributed by atoms with E-state index in [9.17, 15) is 37.7 Å². The van der Waals surface area contributed by atoms with Crippen molar-refractivity contribution in [2.24, 2.45) is 0 Å². The van der Waals surface area contributed by atoms with Crippen molar-refractivity contribution < 1.29 is 42.0 Å². The van der Waals surface area contributed by atoms with Crippen LogP contribution in [-0.2, 0) is 15.8 Å². The average Bonchev–Trinajstić information content (AvgIpc) is 2.89. The number of halogens is 5. The predicted octanol–water partition coefficient (Wildman–Crippen LogP) is 6.70. The van der Waals surface area contributed by atoms with E-state index in [0.717, 1.165) is 17.0 Å². The number of carbonyl (C=O) groups is 3. The number of nitrogens with zero attached hydrogens (tertiary/aromatic N) is 2. The first kappa shape index (κ1) is 29.4. The number of alkyl halides is 3. The van der Waals surface area contributed by atoms with Crippen molar-refractivity contribution in [1.82, 2.24) is 5.32 Å². The molecule has 0 bridgehead atoms. The summed E-state index contributed by atoms with van der Waals surface area (Å²) in [6, 6.07) is 7.73. The van der Waals surface area contributed by atoms with Gasteiger partial charge in [0.05, 0.1) is 28.3 Å². The van der Waals surface area contributed by atoms with Crippen molar-refractivity contribution in [2.45, 2.75) is 13.1 Å². The van der Waals surface area contributed by atoms with Crippen molar-refractivity contribution in [1.29, 1.82) is 0 Å². The van der Waals surface area contributed by atoms with Crippen molar-refractivity contribution in [3.63, 3.8) is 0 Å². The lowest BCUT2D eigenvalue weighted by Crippen LogP contribution is -2.54. The maximum Gasteiger partial charge on any atom is 0.416 e. The van der Waals surface area contributed by atoms with E-state index in [1.54, 1.807) is 13.0 Å². The molecule has 10 nitrogen and oxygen atoms in total. The summed E-state index contributed by atoms with van der Waals surface area (Å²) in [5, 5.41) is 13.6. The van der Waals surface area contributed by atoms with Crippen LogP contribution in [0.2, 0.25) is 10.0 Å². The molecule has 0 radical (unpaired) electrons. The minimum Gasteiger partial charge on any atom is -0.493 e. The van der Waals surface area contributed by atoms with Gasteiger partial charge in [0.1, 0.15) is 5.57 Å². The fourth-order valence-corrected chi connectivity index (χ4v) is 4.26. The lowest BCUT2D eigenvalue weighted by atomic mass is 10.1. The monoisotopic (exact) mass is 609 g/mol. The maximum atomic E-state index is 13.3. The Hall–Kier alpha value is -4.62. The Bertz CT molecular complexity index is 1660. The van der Waals surface area contributed by atoms with Crippen LogP contribution >= 0.6 is 23.2 Å². The van der Waals surface area contributed by atoms with E-state index >= 15 is 0 Å². The smallest absolute Gasteiger partial charge is 0.416 e. The molecular weight excluding hydrogens is 594 g/mol. The zero-order valence-corrected chi connectivity index (χ0v) is 22.3. The molecule has 0 unspecified atom stereocenters. The highest BCUT2D eigenvalue weighted by Crippen LogP contribution is 2.44. The summed E-state index contributed by atoms with van der Waals surface area (Å²) < 4.78 is 49.9. The van der Waals surface area contributed by atoms with Crippen LogP contribution in [0.3, 0.4) is 0 Å². The van der Waals surface area contributed by atoms with E-state index < -0.39 is 51.5 Å². The summed E-state index contributed by atoms with van der Waals surface area (Å²) >= 11 is 12.4. The zero-order chi connectivity index (χ0) is 30.2. The van der Waals surface area contributed by atoms with E-state index in [1.165, 1.54) is 31.4 Å². The normalized spacial score (nSPS) is 14.8. The predicted molar refractivity (Wildman–Crippen MR) is 141 cm³/mol. The lowest BCUT2D eigenvalue weighted by molar-refractivity contribution is -0.385. The molecule has 1 saturated heterocycles. The highest BCUT2D eigenvalue weighted by Gasteiger charge is 2.38. The zero-order valence-electron chi connectivity index (χ0n) is 20.8. The summed E-state index contributed by atoms with van der Waals surface area (Å²) in [6.07, 6.45) is -3.71. The molecule has 41 heavy (non-hydrogen) atoms. The third kappa shape index (κ3) is 5.81. The molecule has 3 aromatic carbocycles. The number of nitro groups is 1. The van der Waals surface area contributed by atoms with Crippen LogP contribution in [0.1, 0.15) is 16.7 Å². The van der Waals surface area contributed by atoms with Gasteiger partial charge in [-0.3, -0.25) is 25.0 Å². The molecule has 3 aromatic rings. The van der Waals surface area contributed by atoms with Crippen molar-refractivity contribution in [3.05, 3.63) is 91.0 Å². The van der Waals surface area contributed by atoms with Gasteiger partial charge in [-0.2, -0.15) is 13.2 Å². The number of nitro benzene ring substituents is 1. The lowest BCUT2D eigenvalue weighted by Gasteiger charge is -2.27. The molecule has 15 heteroatoms. The van der Waals surface area contributed by atoms with Crippen LogP contribution in [0.5, 0.6) is 17.2 Å². The van der Waals surface area contributed by atoms with Gasteiger partial charge in [-0.25, -0.2) is 9.69 Å². The van der Waals surface area contributed by atoms with Gasteiger partial charge in [0.15, 0.2) is 11.5 Å². The molecule has 1 aliphatic rings. The SMILES string of the molecule is COc1cc(/C=C2\C(=O)NC(=O)N(c3cccc(Cl)c3C)C2=O)cc(Cl)c1Oc1ccc(C(F)(F)F)cc1[N+](=O)[O-]. The minimum atomic E-state index is -4.83. The molecule has 4 amide bonds. The summed E-state index contributed by atoms with van der Waals surface area (Å²) in [7, 11) is 1.19. The molecule has 0 atom stereocenters. The Balaban J connectivity index is 1.73. The Morgan fingerprint density at radius 1 is 1.02 bits per heavy atom. The maximum absolute atomic E-state index is 13.3. The number of nitrogens with one attached hydrogen (secondary N) is 1.